The molecule has 0 unspecified atom stereocenters. The molecule has 1 heterocycles. The molecule has 0 atom stereocenters. The Hall–Kier alpha value is -1.78. The zero-order valence-corrected chi connectivity index (χ0v) is 7.06. The van der Waals surface area contributed by atoms with Crippen LogP contribution >= 0.6 is 0 Å². The molecule has 0 saturated heterocycles. The third-order valence-electron chi connectivity index (χ3n) is 1.39. The van der Waals surface area contributed by atoms with E-state index in [0.29, 0.717) is 0 Å². The monoisotopic (exact) mass is 180 g/mol. The topological polar surface area (TPSA) is 69.2 Å². The van der Waals surface area contributed by atoms with E-state index in [1.807, 2.05) is 0 Å². The lowest BCUT2D eigenvalue weighted by Crippen LogP contribution is -2.11. The van der Waals surface area contributed by atoms with E-state index in [2.05, 4.69) is 14.9 Å². The van der Waals surface area contributed by atoms with Gasteiger partial charge < -0.3 is 4.74 Å². The Kier molecular flexibility index (Phi) is 3.08. The summed E-state index contributed by atoms with van der Waals surface area (Å²) in [5.41, 5.74) is 0.174. The van der Waals surface area contributed by atoms with E-state index in [9.17, 15) is 9.59 Å². The molecule has 0 bridgehead atoms. The van der Waals surface area contributed by atoms with Gasteiger partial charge >= 0.3 is 5.97 Å². The molecule has 0 amide bonds. The Balaban J connectivity index is 2.65. The van der Waals surface area contributed by atoms with E-state index in [4.69, 9.17) is 0 Å². The summed E-state index contributed by atoms with van der Waals surface area (Å²) in [6.45, 7) is 0. The van der Waals surface area contributed by atoms with E-state index >= 15 is 0 Å². The molecule has 5 heteroatoms. The van der Waals surface area contributed by atoms with Gasteiger partial charge in [0.1, 0.15) is 12.1 Å². The van der Waals surface area contributed by atoms with Crippen LogP contribution in [0.5, 0.6) is 0 Å². The van der Waals surface area contributed by atoms with Gasteiger partial charge in [0.2, 0.25) is 0 Å². The Labute approximate surface area is 74.7 Å². The van der Waals surface area contributed by atoms with Crippen molar-refractivity contribution >= 4 is 11.8 Å². The number of hydrogen-bond acceptors (Lipinski definition) is 5. The minimum Gasteiger partial charge on any atom is -0.469 e. The van der Waals surface area contributed by atoms with Crippen LogP contribution in [0.1, 0.15) is 16.9 Å². The molecule has 1 rings (SSSR count). The van der Waals surface area contributed by atoms with Crippen LogP contribution in [0.25, 0.3) is 0 Å². The summed E-state index contributed by atoms with van der Waals surface area (Å²) >= 11 is 0. The zero-order valence-electron chi connectivity index (χ0n) is 7.06. The highest BCUT2D eigenvalue weighted by molar-refractivity contribution is 6.04. The average molecular weight is 180 g/mol. The number of ether oxygens (including phenoxy) is 1. The van der Waals surface area contributed by atoms with Gasteiger partial charge in [0.25, 0.3) is 0 Å². The molecule has 1 aromatic heterocycles. The fourth-order valence-corrected chi connectivity index (χ4v) is 0.744. The van der Waals surface area contributed by atoms with Crippen LogP contribution in [0.15, 0.2) is 18.3 Å². The number of Topliss-reactive ketones (excluding diaryl/α,β-unsaturated/α-hetero) is 1. The third-order valence-corrected chi connectivity index (χ3v) is 1.39. The van der Waals surface area contributed by atoms with Crippen LogP contribution in [-0.4, -0.2) is 29.1 Å². The van der Waals surface area contributed by atoms with E-state index < -0.39 is 5.97 Å². The molecule has 0 spiro atoms. The second-order valence-electron chi connectivity index (χ2n) is 2.28. The maximum atomic E-state index is 11.2. The Morgan fingerprint density at radius 1 is 1.54 bits per heavy atom. The number of hydrogen-bond donors (Lipinski definition) is 0. The van der Waals surface area contributed by atoms with Crippen molar-refractivity contribution in [2.75, 3.05) is 7.11 Å². The smallest absolute Gasteiger partial charge is 0.313 e. The number of esters is 1. The molecule has 0 aliphatic rings. The summed E-state index contributed by atoms with van der Waals surface area (Å²) in [5.74, 6) is -0.962. The fraction of sp³-hybridized carbons (Fsp3) is 0.250. The molecule has 0 fully saturated rings. The summed E-state index contributed by atoms with van der Waals surface area (Å²) in [5, 5.41) is 7.07. The van der Waals surface area contributed by atoms with Crippen LogP contribution < -0.4 is 0 Å². The first-order valence-corrected chi connectivity index (χ1v) is 3.61. The van der Waals surface area contributed by atoms with E-state index in [1.165, 1.54) is 19.4 Å². The molecule has 0 aromatic carbocycles. The Morgan fingerprint density at radius 2 is 2.31 bits per heavy atom. The van der Waals surface area contributed by atoms with Gasteiger partial charge in [-0.3, -0.25) is 9.59 Å². The predicted molar refractivity (Wildman–Crippen MR) is 43.0 cm³/mol. The van der Waals surface area contributed by atoms with Crippen molar-refractivity contribution in [2.24, 2.45) is 0 Å². The third kappa shape index (κ3) is 2.62. The molecule has 1 aromatic rings. The van der Waals surface area contributed by atoms with Crippen LogP contribution in [0, 0.1) is 0 Å². The van der Waals surface area contributed by atoms with Gasteiger partial charge in [-0.25, -0.2) is 0 Å². The first kappa shape index (κ1) is 9.31. The number of methoxy groups -OCH3 is 1. The fourth-order valence-electron chi connectivity index (χ4n) is 0.744. The molecule has 0 radical (unpaired) electrons. The second kappa shape index (κ2) is 4.30. The number of carbonyl (C=O) groups excluding carboxylic acids is 2. The van der Waals surface area contributed by atoms with Crippen LogP contribution in [0.2, 0.25) is 0 Å². The molecule has 0 aliphatic heterocycles. The van der Waals surface area contributed by atoms with Gasteiger partial charge in [-0.15, -0.1) is 5.10 Å². The number of carbonyl (C=O) groups is 2. The van der Waals surface area contributed by atoms with Crippen molar-refractivity contribution in [3.8, 4) is 0 Å². The lowest BCUT2D eigenvalue weighted by molar-refractivity contribution is -0.139. The van der Waals surface area contributed by atoms with Crippen molar-refractivity contribution in [3.63, 3.8) is 0 Å². The minimum absolute atomic E-state index is 0.174. The predicted octanol–water partition coefficient (Wildman–Crippen LogP) is 0.222. The highest BCUT2D eigenvalue weighted by Crippen LogP contribution is 1.98. The van der Waals surface area contributed by atoms with Gasteiger partial charge in [-0.1, -0.05) is 0 Å². The minimum atomic E-state index is -0.573. The van der Waals surface area contributed by atoms with Gasteiger partial charge in [-0.2, -0.15) is 5.10 Å². The molecular weight excluding hydrogens is 172 g/mol. The summed E-state index contributed by atoms with van der Waals surface area (Å²) in [6, 6.07) is 3.08. The highest BCUT2D eigenvalue weighted by Gasteiger charge is 2.12. The zero-order chi connectivity index (χ0) is 9.68. The summed E-state index contributed by atoms with van der Waals surface area (Å²) in [4.78, 5) is 21.9. The Morgan fingerprint density at radius 3 is 2.85 bits per heavy atom. The molecule has 5 nitrogen and oxygen atoms in total. The summed E-state index contributed by atoms with van der Waals surface area (Å²) in [6.07, 6.45) is 1.16. The molecule has 0 saturated carbocycles. The number of nitrogens with zero attached hydrogens (tertiary/aromatic N) is 2. The SMILES string of the molecule is COC(=O)CC(=O)c1cccnn1. The lowest BCUT2D eigenvalue weighted by atomic mass is 10.2. The quantitative estimate of drug-likeness (QED) is 0.378. The van der Waals surface area contributed by atoms with Crippen LogP contribution in [-0.2, 0) is 9.53 Å². The van der Waals surface area contributed by atoms with Crippen molar-refractivity contribution in [2.45, 2.75) is 6.42 Å². The largest absolute Gasteiger partial charge is 0.469 e. The maximum absolute atomic E-state index is 11.2. The normalized spacial score (nSPS) is 9.31. The number of aromatic nitrogens is 2. The molecular formula is C8H8N2O3. The molecule has 0 aliphatic carbocycles. The van der Waals surface area contributed by atoms with Crippen LogP contribution in [0.3, 0.4) is 0 Å². The second-order valence-corrected chi connectivity index (χ2v) is 2.28. The van der Waals surface area contributed by atoms with Crippen molar-refractivity contribution in [1.29, 1.82) is 0 Å². The van der Waals surface area contributed by atoms with Crippen molar-refractivity contribution in [1.82, 2.24) is 10.2 Å². The summed E-state index contributed by atoms with van der Waals surface area (Å²) < 4.78 is 4.33. The Bertz CT molecular complexity index is 310. The van der Waals surface area contributed by atoms with Crippen molar-refractivity contribution in [3.05, 3.63) is 24.0 Å². The standard InChI is InChI=1S/C8H8N2O3/c1-13-8(12)5-7(11)6-3-2-4-9-10-6/h2-4H,5H2,1H3. The number of rotatable bonds is 3. The molecule has 68 valence electrons. The average Bonchev–Trinajstić information content (AvgIpc) is 2.19. The van der Waals surface area contributed by atoms with Gasteiger partial charge in [0.15, 0.2) is 5.78 Å². The van der Waals surface area contributed by atoms with E-state index in [-0.39, 0.29) is 17.9 Å². The number of ketones is 1. The van der Waals surface area contributed by atoms with Gasteiger partial charge in [0.05, 0.1) is 7.11 Å². The molecule has 0 N–H and O–H groups in total. The highest BCUT2D eigenvalue weighted by atomic mass is 16.5. The van der Waals surface area contributed by atoms with E-state index in [0.717, 1.165) is 0 Å². The first-order chi connectivity index (χ1) is 6.24. The van der Waals surface area contributed by atoms with Crippen LogP contribution in [0.4, 0.5) is 0 Å². The first-order valence-electron chi connectivity index (χ1n) is 3.61. The maximum Gasteiger partial charge on any atom is 0.313 e. The lowest BCUT2D eigenvalue weighted by Gasteiger charge is -1.96. The van der Waals surface area contributed by atoms with E-state index in [1.54, 1.807) is 6.07 Å². The molecule has 13 heavy (non-hydrogen) atoms. The summed E-state index contributed by atoms with van der Waals surface area (Å²) in [7, 11) is 1.23. The van der Waals surface area contributed by atoms with Gasteiger partial charge in [-0.05, 0) is 12.1 Å². The van der Waals surface area contributed by atoms with Gasteiger partial charge in [0, 0.05) is 6.20 Å². The van der Waals surface area contributed by atoms with Crippen molar-refractivity contribution < 1.29 is 14.3 Å².